The van der Waals surface area contributed by atoms with E-state index in [0.29, 0.717) is 6.61 Å². The maximum Gasteiger partial charge on any atom is 0.255 e. The molecule has 0 aliphatic heterocycles. The van der Waals surface area contributed by atoms with Gasteiger partial charge in [-0.3, -0.25) is 4.79 Å². The Morgan fingerprint density at radius 3 is 2.61 bits per heavy atom. The van der Waals surface area contributed by atoms with Crippen LogP contribution in [0.2, 0.25) is 0 Å². The lowest BCUT2D eigenvalue weighted by atomic mass is 10.2. The minimum Gasteiger partial charge on any atom is -0.497 e. The summed E-state index contributed by atoms with van der Waals surface area (Å²) >= 11 is 0. The molecule has 4 heteroatoms. The number of methoxy groups -OCH3 is 1. The molecule has 0 aliphatic rings. The first-order chi connectivity index (χ1) is 11.0. The molecular weight excluding hydrogens is 290 g/mol. The van der Waals surface area contributed by atoms with E-state index in [0.717, 1.165) is 22.6 Å². The second kappa shape index (κ2) is 7.79. The van der Waals surface area contributed by atoms with E-state index in [1.807, 2.05) is 55.5 Å². The summed E-state index contributed by atoms with van der Waals surface area (Å²) in [6.45, 7) is 4.14. The normalized spacial score (nSPS) is 11.8. The maximum atomic E-state index is 12.5. The first-order valence-electron chi connectivity index (χ1n) is 7.60. The molecule has 0 bridgehead atoms. The van der Waals surface area contributed by atoms with E-state index in [9.17, 15) is 4.79 Å². The Bertz CT molecular complexity index is 669. The van der Waals surface area contributed by atoms with Gasteiger partial charge in [-0.15, -0.1) is 0 Å². The number of nitrogens with zero attached hydrogens (tertiary/aromatic N) is 1. The van der Waals surface area contributed by atoms with Crippen LogP contribution in [0.4, 0.5) is 5.69 Å². The Morgan fingerprint density at radius 1 is 1.17 bits per heavy atom. The van der Waals surface area contributed by atoms with E-state index in [2.05, 4.69) is 0 Å². The number of benzene rings is 2. The molecule has 0 saturated carbocycles. The first kappa shape index (κ1) is 17.0. The van der Waals surface area contributed by atoms with Crippen LogP contribution in [0.25, 0.3) is 0 Å². The molecule has 1 atom stereocenters. The van der Waals surface area contributed by atoms with Gasteiger partial charge in [-0.05, 0) is 49.2 Å². The van der Waals surface area contributed by atoms with Crippen LogP contribution in [0.5, 0.6) is 5.75 Å². The third kappa shape index (κ3) is 4.57. The molecule has 1 unspecified atom stereocenters. The number of ether oxygens (including phenoxy) is 2. The Morgan fingerprint density at radius 2 is 1.91 bits per heavy atom. The molecule has 0 aromatic heterocycles. The van der Waals surface area contributed by atoms with Gasteiger partial charge in [-0.25, -0.2) is 0 Å². The number of carbonyl (C=O) groups excluding carboxylic acids is 1. The number of likely N-dealkylation sites (N-methyl/N-ethyl adjacent to an activating group) is 1. The van der Waals surface area contributed by atoms with Crippen LogP contribution in [0, 0.1) is 6.92 Å². The summed E-state index contributed by atoms with van der Waals surface area (Å²) < 4.78 is 10.9. The van der Waals surface area contributed by atoms with Gasteiger partial charge < -0.3 is 14.4 Å². The molecule has 0 spiro atoms. The quantitative estimate of drug-likeness (QED) is 0.818. The molecule has 23 heavy (non-hydrogen) atoms. The zero-order chi connectivity index (χ0) is 16.8. The van der Waals surface area contributed by atoms with Crippen molar-refractivity contribution in [1.29, 1.82) is 0 Å². The molecule has 2 aromatic rings. The van der Waals surface area contributed by atoms with Gasteiger partial charge in [0, 0.05) is 12.7 Å². The lowest BCUT2D eigenvalue weighted by molar-refractivity contribution is -0.129. The number of hydrogen-bond acceptors (Lipinski definition) is 3. The average Bonchev–Trinajstić information content (AvgIpc) is 2.58. The van der Waals surface area contributed by atoms with E-state index in [1.165, 1.54) is 0 Å². The molecule has 2 rings (SSSR count). The highest BCUT2D eigenvalue weighted by Gasteiger charge is 2.19. The van der Waals surface area contributed by atoms with Crippen molar-refractivity contribution in [3.05, 3.63) is 59.7 Å². The number of anilines is 1. The maximum absolute atomic E-state index is 12.5. The van der Waals surface area contributed by atoms with Crippen molar-refractivity contribution in [2.45, 2.75) is 26.6 Å². The minimum atomic E-state index is -0.522. The summed E-state index contributed by atoms with van der Waals surface area (Å²) in [6.07, 6.45) is -0.522. The van der Waals surface area contributed by atoms with Gasteiger partial charge in [0.1, 0.15) is 11.9 Å². The van der Waals surface area contributed by atoms with Gasteiger partial charge in [0.2, 0.25) is 0 Å². The lowest BCUT2D eigenvalue weighted by Gasteiger charge is -2.22. The Labute approximate surface area is 137 Å². The largest absolute Gasteiger partial charge is 0.497 e. The molecule has 0 fully saturated rings. The van der Waals surface area contributed by atoms with Crippen LogP contribution < -0.4 is 9.64 Å². The molecule has 122 valence electrons. The van der Waals surface area contributed by atoms with Crippen molar-refractivity contribution in [3.8, 4) is 5.75 Å². The van der Waals surface area contributed by atoms with E-state index in [1.54, 1.807) is 26.0 Å². The van der Waals surface area contributed by atoms with Crippen LogP contribution >= 0.6 is 0 Å². The zero-order valence-electron chi connectivity index (χ0n) is 14.1. The van der Waals surface area contributed by atoms with Gasteiger partial charge in [-0.1, -0.05) is 24.3 Å². The molecule has 2 aromatic carbocycles. The standard InChI is InChI=1S/C19H23NO3/c1-14-7-5-9-17(11-14)20(3)19(21)15(2)23-13-16-8-6-10-18(12-16)22-4/h5-12,15H,13H2,1-4H3. The molecule has 0 N–H and O–H groups in total. The molecular formula is C19H23NO3. The highest BCUT2D eigenvalue weighted by Crippen LogP contribution is 2.17. The summed E-state index contributed by atoms with van der Waals surface area (Å²) in [7, 11) is 3.39. The van der Waals surface area contributed by atoms with Crippen LogP contribution in [0.1, 0.15) is 18.1 Å². The summed E-state index contributed by atoms with van der Waals surface area (Å²) in [5.74, 6) is 0.709. The van der Waals surface area contributed by atoms with Gasteiger partial charge in [0.15, 0.2) is 0 Å². The second-order valence-corrected chi connectivity index (χ2v) is 5.54. The third-order valence-electron chi connectivity index (χ3n) is 3.70. The second-order valence-electron chi connectivity index (χ2n) is 5.54. The van der Waals surface area contributed by atoms with Gasteiger partial charge in [0.25, 0.3) is 5.91 Å². The minimum absolute atomic E-state index is 0.0708. The van der Waals surface area contributed by atoms with Crippen molar-refractivity contribution in [2.24, 2.45) is 0 Å². The number of aryl methyl sites for hydroxylation is 1. The monoisotopic (exact) mass is 313 g/mol. The van der Waals surface area contributed by atoms with Crippen molar-refractivity contribution in [2.75, 3.05) is 19.1 Å². The Balaban J connectivity index is 1.96. The Hall–Kier alpha value is -2.33. The Kier molecular flexibility index (Phi) is 5.77. The number of amides is 1. The highest BCUT2D eigenvalue weighted by atomic mass is 16.5. The predicted molar refractivity (Wildman–Crippen MR) is 91.8 cm³/mol. The molecule has 0 heterocycles. The molecule has 0 radical (unpaired) electrons. The zero-order valence-corrected chi connectivity index (χ0v) is 14.1. The first-order valence-corrected chi connectivity index (χ1v) is 7.60. The molecule has 0 saturated heterocycles. The predicted octanol–water partition coefficient (Wildman–Crippen LogP) is 3.57. The van der Waals surface area contributed by atoms with Gasteiger partial charge in [0.05, 0.1) is 13.7 Å². The summed E-state index contributed by atoms with van der Waals surface area (Å²) in [4.78, 5) is 14.1. The number of hydrogen-bond donors (Lipinski definition) is 0. The van der Waals surface area contributed by atoms with E-state index in [4.69, 9.17) is 9.47 Å². The van der Waals surface area contributed by atoms with E-state index >= 15 is 0 Å². The lowest BCUT2D eigenvalue weighted by Crippen LogP contribution is -2.36. The van der Waals surface area contributed by atoms with Crippen molar-refractivity contribution in [1.82, 2.24) is 0 Å². The van der Waals surface area contributed by atoms with E-state index in [-0.39, 0.29) is 5.91 Å². The SMILES string of the molecule is COc1cccc(COC(C)C(=O)N(C)c2cccc(C)c2)c1. The smallest absolute Gasteiger partial charge is 0.255 e. The molecule has 0 aliphatic carbocycles. The highest BCUT2D eigenvalue weighted by molar-refractivity contribution is 5.95. The molecule has 1 amide bonds. The van der Waals surface area contributed by atoms with Crippen LogP contribution in [-0.4, -0.2) is 26.2 Å². The van der Waals surface area contributed by atoms with Crippen LogP contribution in [0.15, 0.2) is 48.5 Å². The number of carbonyl (C=O) groups is 1. The number of rotatable bonds is 6. The van der Waals surface area contributed by atoms with Crippen molar-refractivity contribution in [3.63, 3.8) is 0 Å². The van der Waals surface area contributed by atoms with Crippen molar-refractivity contribution >= 4 is 11.6 Å². The molecule has 4 nitrogen and oxygen atoms in total. The van der Waals surface area contributed by atoms with Gasteiger partial charge >= 0.3 is 0 Å². The fraction of sp³-hybridized carbons (Fsp3) is 0.316. The third-order valence-corrected chi connectivity index (χ3v) is 3.70. The average molecular weight is 313 g/mol. The van der Waals surface area contributed by atoms with Gasteiger partial charge in [-0.2, -0.15) is 0 Å². The van der Waals surface area contributed by atoms with Crippen LogP contribution in [-0.2, 0) is 16.1 Å². The topological polar surface area (TPSA) is 38.8 Å². The fourth-order valence-corrected chi connectivity index (χ4v) is 2.29. The summed E-state index contributed by atoms with van der Waals surface area (Å²) in [5, 5.41) is 0. The van der Waals surface area contributed by atoms with E-state index < -0.39 is 6.10 Å². The summed E-state index contributed by atoms with van der Waals surface area (Å²) in [5.41, 5.74) is 2.96. The fourth-order valence-electron chi connectivity index (χ4n) is 2.29. The summed E-state index contributed by atoms with van der Waals surface area (Å²) in [6, 6.07) is 15.5. The van der Waals surface area contributed by atoms with Crippen molar-refractivity contribution < 1.29 is 14.3 Å². The van der Waals surface area contributed by atoms with Crippen LogP contribution in [0.3, 0.4) is 0 Å².